The molecule has 0 spiro atoms. The molecular formula is C12H17ClN2O. The molecule has 1 aromatic rings. The SMILES string of the molecule is CC(C)Oc1ccc(/C=N/N(C)C)cc1Cl. The molecule has 1 aromatic carbocycles. The van der Waals surface area contributed by atoms with Gasteiger partial charge in [0.05, 0.1) is 17.3 Å². The van der Waals surface area contributed by atoms with Crippen LogP contribution >= 0.6 is 11.6 Å². The Bertz CT molecular complexity index is 375. The maximum atomic E-state index is 6.09. The Morgan fingerprint density at radius 1 is 1.38 bits per heavy atom. The van der Waals surface area contributed by atoms with Crippen molar-refractivity contribution < 1.29 is 4.74 Å². The number of rotatable bonds is 4. The van der Waals surface area contributed by atoms with E-state index in [2.05, 4.69) is 5.10 Å². The zero-order valence-corrected chi connectivity index (χ0v) is 10.8. The van der Waals surface area contributed by atoms with Crippen molar-refractivity contribution in [2.24, 2.45) is 5.10 Å². The minimum absolute atomic E-state index is 0.124. The Balaban J connectivity index is 2.82. The van der Waals surface area contributed by atoms with Crippen LogP contribution in [0.5, 0.6) is 5.75 Å². The Morgan fingerprint density at radius 2 is 2.06 bits per heavy atom. The van der Waals surface area contributed by atoms with Gasteiger partial charge in [-0.3, -0.25) is 0 Å². The molecule has 0 amide bonds. The summed E-state index contributed by atoms with van der Waals surface area (Å²) >= 11 is 6.09. The third-order valence-corrected chi connectivity index (χ3v) is 2.05. The molecular weight excluding hydrogens is 224 g/mol. The molecule has 0 bridgehead atoms. The molecule has 1 rings (SSSR count). The molecule has 0 aliphatic heterocycles. The van der Waals surface area contributed by atoms with Crippen molar-refractivity contribution in [3.05, 3.63) is 28.8 Å². The summed E-state index contributed by atoms with van der Waals surface area (Å²) in [5.74, 6) is 0.707. The minimum atomic E-state index is 0.124. The van der Waals surface area contributed by atoms with Crippen LogP contribution in [0.15, 0.2) is 23.3 Å². The van der Waals surface area contributed by atoms with Gasteiger partial charge in [0.1, 0.15) is 5.75 Å². The largest absolute Gasteiger partial charge is 0.489 e. The smallest absolute Gasteiger partial charge is 0.138 e. The zero-order chi connectivity index (χ0) is 12.1. The highest BCUT2D eigenvalue weighted by Gasteiger charge is 2.03. The molecule has 0 heterocycles. The fourth-order valence-corrected chi connectivity index (χ4v) is 1.36. The molecule has 0 atom stereocenters. The topological polar surface area (TPSA) is 24.8 Å². The van der Waals surface area contributed by atoms with Gasteiger partial charge < -0.3 is 9.75 Å². The number of benzene rings is 1. The Kier molecular flexibility index (Phi) is 4.62. The van der Waals surface area contributed by atoms with Crippen molar-refractivity contribution >= 4 is 17.8 Å². The highest BCUT2D eigenvalue weighted by atomic mass is 35.5. The van der Waals surface area contributed by atoms with Gasteiger partial charge in [0.2, 0.25) is 0 Å². The second-order valence-corrected chi connectivity index (χ2v) is 4.36. The lowest BCUT2D eigenvalue weighted by molar-refractivity contribution is 0.242. The number of halogens is 1. The molecule has 0 N–H and O–H groups in total. The van der Waals surface area contributed by atoms with Crippen molar-refractivity contribution in [3.63, 3.8) is 0 Å². The molecule has 0 aliphatic rings. The van der Waals surface area contributed by atoms with Gasteiger partial charge in [0.25, 0.3) is 0 Å². The van der Waals surface area contributed by atoms with Gasteiger partial charge in [-0.2, -0.15) is 5.10 Å². The summed E-state index contributed by atoms with van der Waals surface area (Å²) in [4.78, 5) is 0. The molecule has 4 heteroatoms. The first-order chi connectivity index (χ1) is 7.49. The van der Waals surface area contributed by atoms with Gasteiger partial charge in [0, 0.05) is 14.1 Å². The van der Waals surface area contributed by atoms with E-state index in [0.717, 1.165) is 5.56 Å². The summed E-state index contributed by atoms with van der Waals surface area (Å²) < 4.78 is 5.54. The van der Waals surface area contributed by atoms with Crippen LogP contribution in [0.3, 0.4) is 0 Å². The van der Waals surface area contributed by atoms with Gasteiger partial charge in [-0.05, 0) is 37.6 Å². The maximum Gasteiger partial charge on any atom is 0.138 e. The van der Waals surface area contributed by atoms with Crippen molar-refractivity contribution in [1.29, 1.82) is 0 Å². The molecule has 3 nitrogen and oxygen atoms in total. The number of hydrogen-bond donors (Lipinski definition) is 0. The van der Waals surface area contributed by atoms with E-state index < -0.39 is 0 Å². The first-order valence-corrected chi connectivity index (χ1v) is 5.54. The first kappa shape index (κ1) is 12.8. The lowest BCUT2D eigenvalue weighted by Gasteiger charge is -2.11. The summed E-state index contributed by atoms with van der Waals surface area (Å²) in [5.41, 5.74) is 0.954. The summed E-state index contributed by atoms with van der Waals surface area (Å²) in [6, 6.07) is 5.63. The summed E-state index contributed by atoms with van der Waals surface area (Å²) in [6.45, 7) is 3.94. The van der Waals surface area contributed by atoms with Crippen LogP contribution < -0.4 is 4.74 Å². The standard InChI is InChI=1S/C12H17ClN2O/c1-9(2)16-12-6-5-10(7-11(12)13)8-14-15(3)4/h5-9H,1-4H3/b14-8+. The van der Waals surface area contributed by atoms with Crippen LogP contribution in [0.1, 0.15) is 19.4 Å². The van der Waals surface area contributed by atoms with Gasteiger partial charge in [0.15, 0.2) is 0 Å². The molecule has 16 heavy (non-hydrogen) atoms. The van der Waals surface area contributed by atoms with E-state index in [1.54, 1.807) is 11.2 Å². The fraction of sp³-hybridized carbons (Fsp3) is 0.417. The van der Waals surface area contributed by atoms with Gasteiger partial charge in [-0.1, -0.05) is 11.6 Å². The minimum Gasteiger partial charge on any atom is -0.489 e. The summed E-state index contributed by atoms with van der Waals surface area (Å²) in [7, 11) is 3.74. The van der Waals surface area contributed by atoms with Crippen molar-refractivity contribution in [2.45, 2.75) is 20.0 Å². The average molecular weight is 241 g/mol. The normalized spacial score (nSPS) is 11.1. The summed E-state index contributed by atoms with van der Waals surface area (Å²) in [6.07, 6.45) is 1.88. The van der Waals surface area contributed by atoms with E-state index in [-0.39, 0.29) is 6.10 Å². The molecule has 0 aliphatic carbocycles. The quantitative estimate of drug-likeness (QED) is 0.597. The predicted octanol–water partition coefficient (Wildman–Crippen LogP) is 3.02. The molecule has 0 unspecified atom stereocenters. The van der Waals surface area contributed by atoms with Crippen LogP contribution in [0.25, 0.3) is 0 Å². The van der Waals surface area contributed by atoms with Gasteiger partial charge in [-0.15, -0.1) is 0 Å². The van der Waals surface area contributed by atoms with E-state index in [1.807, 2.05) is 46.1 Å². The average Bonchev–Trinajstić information content (AvgIpc) is 2.18. The van der Waals surface area contributed by atoms with E-state index in [1.165, 1.54) is 0 Å². The Morgan fingerprint density at radius 3 is 2.56 bits per heavy atom. The Labute approximate surface area is 102 Å². The molecule has 0 saturated carbocycles. The lowest BCUT2D eigenvalue weighted by atomic mass is 10.2. The lowest BCUT2D eigenvalue weighted by Crippen LogP contribution is -2.06. The van der Waals surface area contributed by atoms with Crippen LogP contribution in [0.4, 0.5) is 0 Å². The van der Waals surface area contributed by atoms with Crippen molar-refractivity contribution in [3.8, 4) is 5.75 Å². The third-order valence-electron chi connectivity index (χ3n) is 1.76. The second kappa shape index (κ2) is 5.75. The number of hydrazone groups is 1. The molecule has 0 radical (unpaired) electrons. The monoisotopic (exact) mass is 240 g/mol. The van der Waals surface area contributed by atoms with E-state index in [0.29, 0.717) is 10.8 Å². The third kappa shape index (κ3) is 4.11. The first-order valence-electron chi connectivity index (χ1n) is 5.16. The van der Waals surface area contributed by atoms with Gasteiger partial charge >= 0.3 is 0 Å². The highest BCUT2D eigenvalue weighted by molar-refractivity contribution is 6.32. The molecule has 0 saturated heterocycles. The van der Waals surface area contributed by atoms with Crippen LogP contribution in [-0.2, 0) is 0 Å². The van der Waals surface area contributed by atoms with Crippen LogP contribution in [0, 0.1) is 0 Å². The predicted molar refractivity (Wildman–Crippen MR) is 68.5 cm³/mol. The van der Waals surface area contributed by atoms with Crippen molar-refractivity contribution in [1.82, 2.24) is 5.01 Å². The van der Waals surface area contributed by atoms with E-state index in [4.69, 9.17) is 16.3 Å². The number of ether oxygens (including phenoxy) is 1. The highest BCUT2D eigenvalue weighted by Crippen LogP contribution is 2.25. The maximum absolute atomic E-state index is 6.09. The van der Waals surface area contributed by atoms with E-state index >= 15 is 0 Å². The summed E-state index contributed by atoms with van der Waals surface area (Å²) in [5, 5.41) is 6.47. The second-order valence-electron chi connectivity index (χ2n) is 3.95. The molecule has 0 fully saturated rings. The van der Waals surface area contributed by atoms with Crippen LogP contribution in [0.2, 0.25) is 5.02 Å². The number of hydrogen-bond acceptors (Lipinski definition) is 3. The zero-order valence-electron chi connectivity index (χ0n) is 10.1. The van der Waals surface area contributed by atoms with Crippen LogP contribution in [-0.4, -0.2) is 31.4 Å². The number of nitrogens with zero attached hydrogens (tertiary/aromatic N) is 2. The fourth-order valence-electron chi connectivity index (χ4n) is 1.13. The molecule has 88 valence electrons. The van der Waals surface area contributed by atoms with Gasteiger partial charge in [-0.25, -0.2) is 0 Å². The van der Waals surface area contributed by atoms with E-state index in [9.17, 15) is 0 Å². The molecule has 0 aromatic heterocycles. The van der Waals surface area contributed by atoms with Crippen molar-refractivity contribution in [2.75, 3.05) is 14.1 Å². The Hall–Kier alpha value is -1.22.